The summed E-state index contributed by atoms with van der Waals surface area (Å²) in [4.78, 5) is 4.54. The van der Waals surface area contributed by atoms with Crippen molar-refractivity contribution in [3.8, 4) is 5.75 Å². The number of para-hydroxylation sites is 1. The summed E-state index contributed by atoms with van der Waals surface area (Å²) in [6.07, 6.45) is 0. The fraction of sp³-hybridized carbons (Fsp3) is 0.133. The molecule has 0 aliphatic carbocycles. The van der Waals surface area contributed by atoms with E-state index in [0.29, 0.717) is 13.2 Å². The summed E-state index contributed by atoms with van der Waals surface area (Å²) in [6, 6.07) is 16.0. The number of hydrogen-bond donors (Lipinski definition) is 1. The molecule has 0 fully saturated rings. The molecule has 2 N–H and O–H groups in total. The van der Waals surface area contributed by atoms with Crippen molar-refractivity contribution in [2.75, 3.05) is 0 Å². The second-order valence-corrected chi connectivity index (χ2v) is 5.33. The molecule has 0 saturated heterocycles. The number of rotatable bonds is 4. The molecule has 0 amide bonds. The predicted molar refractivity (Wildman–Crippen MR) is 78.3 cm³/mol. The molecule has 0 radical (unpaired) electrons. The minimum Gasteiger partial charge on any atom is -0.486 e. The van der Waals surface area contributed by atoms with E-state index in [-0.39, 0.29) is 0 Å². The van der Waals surface area contributed by atoms with Gasteiger partial charge < -0.3 is 10.5 Å². The minimum atomic E-state index is 0.493. The third-order valence-corrected chi connectivity index (χ3v) is 3.84. The minimum absolute atomic E-state index is 0.493. The smallest absolute Gasteiger partial charge is 0.140 e. The monoisotopic (exact) mass is 270 g/mol. The fourth-order valence-electron chi connectivity index (χ4n) is 1.89. The van der Waals surface area contributed by atoms with Gasteiger partial charge in [-0.3, -0.25) is 0 Å². The Morgan fingerprint density at radius 1 is 1.11 bits per heavy atom. The molecular formula is C15H14N2OS. The van der Waals surface area contributed by atoms with Gasteiger partial charge in [0.25, 0.3) is 0 Å². The lowest BCUT2D eigenvalue weighted by molar-refractivity contribution is 0.305. The highest BCUT2D eigenvalue weighted by molar-refractivity contribution is 7.18. The average Bonchev–Trinajstić information content (AvgIpc) is 2.88. The first-order chi connectivity index (χ1) is 9.35. The van der Waals surface area contributed by atoms with Gasteiger partial charge in [-0.2, -0.15) is 0 Å². The standard InChI is InChI=1S/C15H14N2OS/c16-9-11-4-3-5-12(8-11)18-10-15-17-13-6-1-2-7-14(13)19-15/h1-8H,9-10,16H2. The van der Waals surface area contributed by atoms with E-state index in [9.17, 15) is 0 Å². The Morgan fingerprint density at radius 3 is 2.84 bits per heavy atom. The highest BCUT2D eigenvalue weighted by atomic mass is 32.1. The van der Waals surface area contributed by atoms with Crippen molar-refractivity contribution in [1.82, 2.24) is 4.98 Å². The normalized spacial score (nSPS) is 10.8. The van der Waals surface area contributed by atoms with E-state index in [1.807, 2.05) is 42.5 Å². The van der Waals surface area contributed by atoms with E-state index >= 15 is 0 Å². The quantitative estimate of drug-likeness (QED) is 0.791. The van der Waals surface area contributed by atoms with Gasteiger partial charge in [0.15, 0.2) is 0 Å². The van der Waals surface area contributed by atoms with Crippen molar-refractivity contribution in [2.24, 2.45) is 5.73 Å². The molecule has 4 heteroatoms. The summed E-state index contributed by atoms with van der Waals surface area (Å²) in [7, 11) is 0. The van der Waals surface area contributed by atoms with E-state index in [1.165, 1.54) is 4.70 Å². The highest BCUT2D eigenvalue weighted by Crippen LogP contribution is 2.23. The summed E-state index contributed by atoms with van der Waals surface area (Å²) >= 11 is 1.67. The Hall–Kier alpha value is -1.91. The van der Waals surface area contributed by atoms with Gasteiger partial charge in [-0.15, -0.1) is 11.3 Å². The van der Waals surface area contributed by atoms with Crippen LogP contribution in [-0.2, 0) is 13.2 Å². The lowest BCUT2D eigenvalue weighted by Crippen LogP contribution is -1.98. The molecule has 0 saturated carbocycles. The van der Waals surface area contributed by atoms with Crippen LogP contribution >= 0.6 is 11.3 Å². The van der Waals surface area contributed by atoms with E-state index in [1.54, 1.807) is 11.3 Å². The van der Waals surface area contributed by atoms with E-state index < -0.39 is 0 Å². The van der Waals surface area contributed by atoms with E-state index in [0.717, 1.165) is 21.8 Å². The van der Waals surface area contributed by atoms with Crippen LogP contribution in [0.2, 0.25) is 0 Å². The van der Waals surface area contributed by atoms with Crippen molar-refractivity contribution >= 4 is 21.6 Å². The molecular weight excluding hydrogens is 256 g/mol. The lowest BCUT2D eigenvalue weighted by atomic mass is 10.2. The van der Waals surface area contributed by atoms with Gasteiger partial charge in [-0.05, 0) is 29.8 Å². The van der Waals surface area contributed by atoms with Crippen LogP contribution in [0.1, 0.15) is 10.6 Å². The fourth-order valence-corrected chi connectivity index (χ4v) is 2.77. The topological polar surface area (TPSA) is 48.1 Å². The zero-order valence-electron chi connectivity index (χ0n) is 10.4. The van der Waals surface area contributed by atoms with E-state index in [4.69, 9.17) is 10.5 Å². The predicted octanol–water partition coefficient (Wildman–Crippen LogP) is 3.33. The van der Waals surface area contributed by atoms with Gasteiger partial charge in [0.2, 0.25) is 0 Å². The number of aromatic nitrogens is 1. The largest absolute Gasteiger partial charge is 0.486 e. The third-order valence-electron chi connectivity index (χ3n) is 2.83. The van der Waals surface area contributed by atoms with Crippen molar-refractivity contribution in [1.29, 1.82) is 0 Å². The summed E-state index contributed by atoms with van der Waals surface area (Å²) in [5.41, 5.74) is 7.71. The van der Waals surface area contributed by atoms with E-state index in [2.05, 4.69) is 11.1 Å². The molecule has 0 aliphatic rings. The summed E-state index contributed by atoms with van der Waals surface area (Å²) < 4.78 is 6.95. The van der Waals surface area contributed by atoms with Crippen molar-refractivity contribution in [3.63, 3.8) is 0 Å². The average molecular weight is 270 g/mol. The molecule has 96 valence electrons. The van der Waals surface area contributed by atoms with Crippen molar-refractivity contribution in [3.05, 3.63) is 59.1 Å². The first kappa shape index (κ1) is 12.1. The van der Waals surface area contributed by atoms with Crippen LogP contribution in [0.15, 0.2) is 48.5 Å². The van der Waals surface area contributed by atoms with Crippen LogP contribution in [0.5, 0.6) is 5.75 Å². The van der Waals surface area contributed by atoms with Gasteiger partial charge in [0, 0.05) is 6.54 Å². The number of benzene rings is 2. The molecule has 19 heavy (non-hydrogen) atoms. The number of nitrogens with two attached hydrogens (primary N) is 1. The summed E-state index contributed by atoms with van der Waals surface area (Å²) in [5, 5.41) is 0.986. The van der Waals surface area contributed by atoms with Crippen LogP contribution in [0.3, 0.4) is 0 Å². The number of nitrogens with zero attached hydrogens (tertiary/aromatic N) is 1. The highest BCUT2D eigenvalue weighted by Gasteiger charge is 2.04. The van der Waals surface area contributed by atoms with Gasteiger partial charge in [0.05, 0.1) is 10.2 Å². The van der Waals surface area contributed by atoms with Crippen LogP contribution < -0.4 is 10.5 Å². The molecule has 3 nitrogen and oxygen atoms in total. The van der Waals surface area contributed by atoms with Gasteiger partial charge in [-0.1, -0.05) is 24.3 Å². The van der Waals surface area contributed by atoms with Crippen molar-refractivity contribution in [2.45, 2.75) is 13.2 Å². The molecule has 0 unspecified atom stereocenters. The first-order valence-electron chi connectivity index (χ1n) is 6.11. The summed E-state index contributed by atoms with van der Waals surface area (Å²) in [6.45, 7) is 1.02. The number of hydrogen-bond acceptors (Lipinski definition) is 4. The zero-order chi connectivity index (χ0) is 13.1. The van der Waals surface area contributed by atoms with Crippen LogP contribution in [0.25, 0.3) is 10.2 Å². The van der Waals surface area contributed by atoms with Gasteiger partial charge in [0.1, 0.15) is 17.4 Å². The summed E-state index contributed by atoms with van der Waals surface area (Å²) in [5.74, 6) is 0.835. The zero-order valence-corrected chi connectivity index (χ0v) is 11.2. The Labute approximate surface area is 115 Å². The molecule has 0 aliphatic heterocycles. The van der Waals surface area contributed by atoms with Crippen LogP contribution in [0.4, 0.5) is 0 Å². The molecule has 1 heterocycles. The van der Waals surface area contributed by atoms with Gasteiger partial charge in [-0.25, -0.2) is 4.98 Å². The number of thiazole rings is 1. The number of ether oxygens (including phenoxy) is 1. The Balaban J connectivity index is 1.74. The first-order valence-corrected chi connectivity index (χ1v) is 6.93. The molecule has 0 bridgehead atoms. The Kier molecular flexibility index (Phi) is 3.44. The molecule has 3 rings (SSSR count). The molecule has 0 spiro atoms. The van der Waals surface area contributed by atoms with Gasteiger partial charge >= 0.3 is 0 Å². The molecule has 3 aromatic rings. The van der Waals surface area contributed by atoms with Crippen LogP contribution in [-0.4, -0.2) is 4.98 Å². The Bertz CT molecular complexity index is 660. The van der Waals surface area contributed by atoms with Crippen LogP contribution in [0, 0.1) is 0 Å². The second-order valence-electron chi connectivity index (χ2n) is 4.22. The second kappa shape index (κ2) is 5.38. The molecule has 2 aromatic carbocycles. The lowest BCUT2D eigenvalue weighted by Gasteiger charge is -2.05. The third kappa shape index (κ3) is 2.75. The number of fused-ring (bicyclic) bond motifs is 1. The Morgan fingerprint density at radius 2 is 2.00 bits per heavy atom. The maximum Gasteiger partial charge on any atom is 0.140 e. The molecule has 1 aromatic heterocycles. The van der Waals surface area contributed by atoms with Crippen molar-refractivity contribution < 1.29 is 4.74 Å². The maximum absolute atomic E-state index is 5.76. The molecule has 0 atom stereocenters. The SMILES string of the molecule is NCc1cccc(OCc2nc3ccccc3s2)c1. The maximum atomic E-state index is 5.76.